The Balaban J connectivity index is 1.93. The van der Waals surface area contributed by atoms with E-state index in [2.05, 4.69) is 20.8 Å². The van der Waals surface area contributed by atoms with Gasteiger partial charge in [0.1, 0.15) is 0 Å². The zero-order valence-electron chi connectivity index (χ0n) is 12.1. The Morgan fingerprint density at radius 1 is 1.36 bits per heavy atom. The molecule has 0 unspecified atom stereocenters. The van der Waals surface area contributed by atoms with Crippen LogP contribution in [-0.4, -0.2) is 37.8 Å². The minimum absolute atomic E-state index is 0.0702. The van der Waals surface area contributed by atoms with Gasteiger partial charge in [-0.3, -0.25) is 4.79 Å². The van der Waals surface area contributed by atoms with Crippen molar-refractivity contribution in [1.82, 2.24) is 20.2 Å². The molecule has 0 saturated heterocycles. The fourth-order valence-electron chi connectivity index (χ4n) is 1.79. The number of tetrazole rings is 1. The van der Waals surface area contributed by atoms with Crippen LogP contribution in [0.15, 0.2) is 23.4 Å². The highest BCUT2D eigenvalue weighted by molar-refractivity contribution is 7.99. The maximum absolute atomic E-state index is 11.9. The summed E-state index contributed by atoms with van der Waals surface area (Å²) in [6.07, 6.45) is 0. The minimum Gasteiger partial charge on any atom is -0.548 e. The number of nitrogens with zero attached hydrogens (tertiary/aromatic N) is 4. The summed E-state index contributed by atoms with van der Waals surface area (Å²) in [5.41, 5.74) is 2.83. The number of aliphatic carboxylic acids is 1. The number of aromatic nitrogens is 4. The molecule has 1 N–H and O–H groups in total. The lowest BCUT2D eigenvalue weighted by Crippen LogP contribution is -2.28. The van der Waals surface area contributed by atoms with Crippen molar-refractivity contribution >= 4 is 29.3 Å². The smallest absolute Gasteiger partial charge is 0.234 e. The molecule has 8 nitrogen and oxygen atoms in total. The van der Waals surface area contributed by atoms with Crippen molar-refractivity contribution in [3.05, 3.63) is 29.3 Å². The van der Waals surface area contributed by atoms with Crippen molar-refractivity contribution in [2.45, 2.75) is 25.5 Å². The van der Waals surface area contributed by atoms with Gasteiger partial charge in [-0.05, 0) is 35.9 Å². The van der Waals surface area contributed by atoms with Gasteiger partial charge < -0.3 is 15.2 Å². The molecule has 1 amide bonds. The number of anilines is 1. The van der Waals surface area contributed by atoms with Gasteiger partial charge in [0.05, 0.1) is 18.3 Å². The first kappa shape index (κ1) is 16.0. The average molecular weight is 320 g/mol. The number of nitrogens with one attached hydrogen (secondary N) is 1. The number of thioether (sulfide) groups is 1. The monoisotopic (exact) mass is 320 g/mol. The van der Waals surface area contributed by atoms with Crippen LogP contribution in [0.1, 0.15) is 11.1 Å². The molecule has 116 valence electrons. The first-order valence-corrected chi connectivity index (χ1v) is 7.40. The number of carboxylic acid groups (broad SMARTS) is 1. The highest BCUT2D eigenvalue weighted by atomic mass is 32.2. The van der Waals surface area contributed by atoms with E-state index in [1.54, 1.807) is 0 Å². The molecule has 0 spiro atoms. The van der Waals surface area contributed by atoms with Crippen LogP contribution in [0.4, 0.5) is 5.69 Å². The maximum atomic E-state index is 11.9. The van der Waals surface area contributed by atoms with E-state index in [0.29, 0.717) is 0 Å². The van der Waals surface area contributed by atoms with Gasteiger partial charge in [0.15, 0.2) is 0 Å². The van der Waals surface area contributed by atoms with Crippen LogP contribution in [0.5, 0.6) is 0 Å². The summed E-state index contributed by atoms with van der Waals surface area (Å²) in [5.74, 6) is -1.45. The second-order valence-electron chi connectivity index (χ2n) is 4.65. The van der Waals surface area contributed by atoms with Crippen LogP contribution < -0.4 is 10.4 Å². The first-order chi connectivity index (χ1) is 10.5. The molecule has 1 heterocycles. The van der Waals surface area contributed by atoms with E-state index in [4.69, 9.17) is 0 Å². The summed E-state index contributed by atoms with van der Waals surface area (Å²) in [4.78, 5) is 22.5. The number of aryl methyl sites for hydroxylation is 2. The van der Waals surface area contributed by atoms with Crippen LogP contribution in [0.25, 0.3) is 0 Å². The van der Waals surface area contributed by atoms with Crippen molar-refractivity contribution in [3.8, 4) is 0 Å². The molecule has 0 saturated carbocycles. The van der Waals surface area contributed by atoms with E-state index in [9.17, 15) is 14.7 Å². The highest BCUT2D eigenvalue weighted by Crippen LogP contribution is 2.18. The fourth-order valence-corrected chi connectivity index (χ4v) is 2.47. The normalized spacial score (nSPS) is 10.5. The molecule has 0 aliphatic heterocycles. The summed E-state index contributed by atoms with van der Waals surface area (Å²) in [5, 5.41) is 24.2. The van der Waals surface area contributed by atoms with Gasteiger partial charge in [0.2, 0.25) is 11.1 Å². The lowest BCUT2D eigenvalue weighted by molar-refractivity contribution is -0.306. The molecule has 0 radical (unpaired) electrons. The van der Waals surface area contributed by atoms with Gasteiger partial charge in [0.25, 0.3) is 0 Å². The molecule has 1 aromatic heterocycles. The summed E-state index contributed by atoms with van der Waals surface area (Å²) >= 11 is 1.06. The van der Waals surface area contributed by atoms with Crippen molar-refractivity contribution in [2.24, 2.45) is 0 Å². The Morgan fingerprint density at radius 3 is 2.82 bits per heavy atom. The Kier molecular flexibility index (Phi) is 5.10. The highest BCUT2D eigenvalue weighted by Gasteiger charge is 2.11. The predicted octanol–water partition coefficient (Wildman–Crippen LogP) is -0.229. The molecule has 9 heteroatoms. The number of amides is 1. The summed E-state index contributed by atoms with van der Waals surface area (Å²) in [7, 11) is 0. The van der Waals surface area contributed by atoms with Gasteiger partial charge in [-0.1, -0.05) is 29.5 Å². The molecule has 0 bridgehead atoms. The molecular formula is C13H14N5O3S-. The Morgan fingerprint density at radius 2 is 2.14 bits per heavy atom. The van der Waals surface area contributed by atoms with Gasteiger partial charge in [0, 0.05) is 5.69 Å². The molecule has 0 aliphatic rings. The van der Waals surface area contributed by atoms with E-state index >= 15 is 0 Å². The Bertz CT molecular complexity index is 701. The van der Waals surface area contributed by atoms with Gasteiger partial charge in [-0.2, -0.15) is 0 Å². The van der Waals surface area contributed by atoms with Gasteiger partial charge in [-0.25, -0.2) is 4.68 Å². The number of hydrogen-bond acceptors (Lipinski definition) is 7. The number of carbonyl (C=O) groups excluding carboxylic acids is 2. The maximum Gasteiger partial charge on any atom is 0.234 e. The third-order valence-corrected chi connectivity index (χ3v) is 3.72. The molecular weight excluding hydrogens is 306 g/mol. The minimum atomic E-state index is -1.30. The number of carboxylic acids is 1. The molecule has 2 aromatic rings. The molecule has 0 aliphatic carbocycles. The summed E-state index contributed by atoms with van der Waals surface area (Å²) in [6.45, 7) is 3.44. The number of rotatable bonds is 6. The van der Waals surface area contributed by atoms with E-state index < -0.39 is 12.5 Å². The third kappa shape index (κ3) is 4.29. The number of carbonyl (C=O) groups is 2. The van der Waals surface area contributed by atoms with E-state index in [1.807, 2.05) is 32.0 Å². The molecule has 0 fully saturated rings. The molecule has 1 aromatic carbocycles. The van der Waals surface area contributed by atoms with Crippen LogP contribution in [0, 0.1) is 13.8 Å². The van der Waals surface area contributed by atoms with E-state index in [-0.39, 0.29) is 16.8 Å². The predicted molar refractivity (Wildman–Crippen MR) is 78.1 cm³/mol. The second kappa shape index (κ2) is 7.03. The van der Waals surface area contributed by atoms with Crippen molar-refractivity contribution in [2.75, 3.05) is 11.1 Å². The zero-order valence-corrected chi connectivity index (χ0v) is 12.9. The fraction of sp³-hybridized carbons (Fsp3) is 0.308. The molecule has 22 heavy (non-hydrogen) atoms. The van der Waals surface area contributed by atoms with Gasteiger partial charge >= 0.3 is 0 Å². The summed E-state index contributed by atoms with van der Waals surface area (Å²) in [6, 6.07) is 5.73. The summed E-state index contributed by atoms with van der Waals surface area (Å²) < 4.78 is 1.07. The SMILES string of the molecule is Cc1ccc(NC(=O)CSc2nnnn2CC(=O)[O-])c(C)c1. The Labute approximate surface area is 130 Å². The van der Waals surface area contributed by atoms with Crippen molar-refractivity contribution in [1.29, 1.82) is 0 Å². The van der Waals surface area contributed by atoms with Crippen LogP contribution in [0.2, 0.25) is 0 Å². The van der Waals surface area contributed by atoms with E-state index in [1.165, 1.54) is 0 Å². The second-order valence-corrected chi connectivity index (χ2v) is 5.59. The van der Waals surface area contributed by atoms with Crippen molar-refractivity contribution in [3.63, 3.8) is 0 Å². The standard InChI is InChI=1S/C13H15N5O3S/c1-8-3-4-10(9(2)5-8)14-11(19)7-22-13-15-16-17-18(13)6-12(20)21/h3-5H,6-7H2,1-2H3,(H,14,19)(H,20,21)/p-1. The lowest BCUT2D eigenvalue weighted by atomic mass is 10.1. The number of hydrogen-bond donors (Lipinski definition) is 1. The third-order valence-electron chi connectivity index (χ3n) is 2.77. The largest absolute Gasteiger partial charge is 0.548 e. The van der Waals surface area contributed by atoms with E-state index in [0.717, 1.165) is 33.3 Å². The average Bonchev–Trinajstić information content (AvgIpc) is 2.86. The molecule has 0 atom stereocenters. The molecule has 2 rings (SSSR count). The Hall–Kier alpha value is -2.42. The quantitative estimate of drug-likeness (QED) is 0.731. The van der Waals surface area contributed by atoms with Crippen LogP contribution >= 0.6 is 11.8 Å². The zero-order chi connectivity index (χ0) is 16.1. The number of benzene rings is 1. The lowest BCUT2D eigenvalue weighted by Gasteiger charge is -2.09. The first-order valence-electron chi connectivity index (χ1n) is 6.41. The van der Waals surface area contributed by atoms with Gasteiger partial charge in [-0.15, -0.1) is 5.10 Å². The topological polar surface area (TPSA) is 113 Å². The van der Waals surface area contributed by atoms with Crippen LogP contribution in [0.3, 0.4) is 0 Å². The van der Waals surface area contributed by atoms with Crippen molar-refractivity contribution < 1.29 is 14.7 Å². The van der Waals surface area contributed by atoms with Crippen LogP contribution in [-0.2, 0) is 16.1 Å².